The van der Waals surface area contributed by atoms with Gasteiger partial charge in [-0.05, 0) is 25.1 Å². The molecule has 1 aliphatic rings. The van der Waals surface area contributed by atoms with Crippen molar-refractivity contribution in [1.82, 2.24) is 4.98 Å². The Balaban J connectivity index is 0.00000176. The minimum atomic E-state index is -0.522. The summed E-state index contributed by atoms with van der Waals surface area (Å²) in [6.07, 6.45) is 0. The van der Waals surface area contributed by atoms with Gasteiger partial charge in [0.15, 0.2) is 5.13 Å². The van der Waals surface area contributed by atoms with Crippen molar-refractivity contribution in [2.45, 2.75) is 13.0 Å². The lowest BCUT2D eigenvalue weighted by molar-refractivity contribution is -0.117. The summed E-state index contributed by atoms with van der Waals surface area (Å²) >= 11 is 1.63. The van der Waals surface area contributed by atoms with E-state index in [-0.39, 0.29) is 18.3 Å². The highest BCUT2D eigenvalue weighted by atomic mass is 35.5. The number of nitrogens with two attached hydrogens (primary N) is 1. The largest absolute Gasteiger partial charge is 0.378 e. The van der Waals surface area contributed by atoms with Crippen LogP contribution >= 0.6 is 23.7 Å². The van der Waals surface area contributed by atoms with Gasteiger partial charge < -0.3 is 20.7 Å². The number of rotatable bonds is 3. The van der Waals surface area contributed by atoms with Gasteiger partial charge in [-0.1, -0.05) is 11.3 Å². The SMILES string of the molecule is CC(N)C(=O)Nc1ccc2nc(N3CCOCC3)sc2c1.Cl. The standard InChI is InChI=1S/C14H18N4O2S.ClH/c1-9(15)13(19)16-10-2-3-11-12(8-10)21-14(17-11)18-4-6-20-7-5-18;/h2-3,8-9H,4-7,15H2,1H3,(H,16,19);1H. The molecule has 6 nitrogen and oxygen atoms in total. The number of carbonyl (C=O) groups is 1. The molecule has 2 aromatic rings. The quantitative estimate of drug-likeness (QED) is 0.889. The summed E-state index contributed by atoms with van der Waals surface area (Å²) in [5.41, 5.74) is 7.25. The summed E-state index contributed by atoms with van der Waals surface area (Å²) in [4.78, 5) is 18.5. The summed E-state index contributed by atoms with van der Waals surface area (Å²) in [6.45, 7) is 4.89. The highest BCUT2D eigenvalue weighted by Gasteiger charge is 2.16. The van der Waals surface area contributed by atoms with Crippen molar-refractivity contribution in [2.75, 3.05) is 36.5 Å². The number of carbonyl (C=O) groups excluding carboxylic acids is 1. The molecule has 0 spiro atoms. The number of fused-ring (bicyclic) bond motifs is 1. The van der Waals surface area contributed by atoms with Crippen LogP contribution in [0.5, 0.6) is 0 Å². The van der Waals surface area contributed by atoms with E-state index in [0.29, 0.717) is 0 Å². The Morgan fingerprint density at radius 2 is 2.18 bits per heavy atom. The molecule has 0 saturated carbocycles. The minimum Gasteiger partial charge on any atom is -0.378 e. The molecule has 0 radical (unpaired) electrons. The average Bonchev–Trinajstić information content (AvgIpc) is 2.91. The molecule has 1 unspecified atom stereocenters. The summed E-state index contributed by atoms with van der Waals surface area (Å²) in [5, 5.41) is 3.81. The molecule has 3 rings (SSSR count). The van der Waals surface area contributed by atoms with Gasteiger partial charge in [-0.2, -0.15) is 0 Å². The van der Waals surface area contributed by atoms with Crippen LogP contribution in [-0.4, -0.2) is 43.2 Å². The molecule has 1 fully saturated rings. The number of nitrogens with one attached hydrogen (secondary N) is 1. The summed E-state index contributed by atoms with van der Waals surface area (Å²) in [7, 11) is 0. The highest BCUT2D eigenvalue weighted by molar-refractivity contribution is 7.22. The third-order valence-corrected chi connectivity index (χ3v) is 4.42. The molecule has 0 bridgehead atoms. The van der Waals surface area contributed by atoms with Gasteiger partial charge in [0, 0.05) is 18.8 Å². The number of benzene rings is 1. The van der Waals surface area contributed by atoms with E-state index in [0.717, 1.165) is 47.3 Å². The number of morpholine rings is 1. The summed E-state index contributed by atoms with van der Waals surface area (Å²) < 4.78 is 6.41. The van der Waals surface area contributed by atoms with E-state index >= 15 is 0 Å². The second kappa shape index (κ2) is 7.23. The van der Waals surface area contributed by atoms with Gasteiger partial charge in [-0.25, -0.2) is 4.98 Å². The minimum absolute atomic E-state index is 0. The van der Waals surface area contributed by atoms with Crippen LogP contribution in [0.25, 0.3) is 10.2 Å². The molecule has 1 aromatic heterocycles. The Morgan fingerprint density at radius 1 is 1.45 bits per heavy atom. The molecule has 120 valence electrons. The predicted molar refractivity (Wildman–Crippen MR) is 92.2 cm³/mol. The van der Waals surface area contributed by atoms with Crippen molar-refractivity contribution in [3.05, 3.63) is 18.2 Å². The number of hydrogen-bond acceptors (Lipinski definition) is 6. The molecule has 1 aliphatic heterocycles. The Morgan fingerprint density at radius 3 is 2.86 bits per heavy atom. The van der Waals surface area contributed by atoms with Crippen molar-refractivity contribution >= 4 is 50.7 Å². The van der Waals surface area contributed by atoms with Gasteiger partial charge in [0.1, 0.15) is 0 Å². The molecule has 1 aromatic carbocycles. The summed E-state index contributed by atoms with van der Waals surface area (Å²) in [6, 6.07) is 5.20. The maximum Gasteiger partial charge on any atom is 0.240 e. The molecule has 0 aliphatic carbocycles. The van der Waals surface area contributed by atoms with Gasteiger partial charge in [-0.15, -0.1) is 12.4 Å². The fraction of sp³-hybridized carbons (Fsp3) is 0.429. The van der Waals surface area contributed by atoms with Crippen LogP contribution in [0.15, 0.2) is 18.2 Å². The molecule has 1 saturated heterocycles. The first-order chi connectivity index (χ1) is 10.1. The number of anilines is 2. The Kier molecular flexibility index (Phi) is 5.57. The predicted octanol–water partition coefficient (Wildman–Crippen LogP) is 1.84. The van der Waals surface area contributed by atoms with E-state index in [1.807, 2.05) is 18.2 Å². The van der Waals surface area contributed by atoms with Crippen LogP contribution in [0.4, 0.5) is 10.8 Å². The van der Waals surface area contributed by atoms with E-state index in [2.05, 4.69) is 15.2 Å². The first kappa shape index (κ1) is 17.0. The number of amides is 1. The monoisotopic (exact) mass is 342 g/mol. The zero-order valence-electron chi connectivity index (χ0n) is 12.2. The Hall–Kier alpha value is -1.41. The lowest BCUT2D eigenvalue weighted by Gasteiger charge is -2.25. The van der Waals surface area contributed by atoms with Crippen LogP contribution in [0.2, 0.25) is 0 Å². The van der Waals surface area contributed by atoms with Crippen LogP contribution in [-0.2, 0) is 9.53 Å². The molecule has 8 heteroatoms. The van der Waals surface area contributed by atoms with Gasteiger partial charge >= 0.3 is 0 Å². The lowest BCUT2D eigenvalue weighted by Crippen LogP contribution is -2.36. The number of aromatic nitrogens is 1. The second-order valence-corrected chi connectivity index (χ2v) is 6.07. The second-order valence-electron chi connectivity index (χ2n) is 5.06. The van der Waals surface area contributed by atoms with Gasteiger partial charge in [0.25, 0.3) is 0 Å². The maximum absolute atomic E-state index is 11.6. The maximum atomic E-state index is 11.6. The molecule has 1 atom stereocenters. The molecule has 1 amide bonds. The van der Waals surface area contributed by atoms with Gasteiger partial charge in [0.2, 0.25) is 5.91 Å². The van der Waals surface area contributed by atoms with Crippen molar-refractivity contribution in [1.29, 1.82) is 0 Å². The number of halogens is 1. The van der Waals surface area contributed by atoms with Crippen molar-refractivity contribution in [2.24, 2.45) is 5.73 Å². The number of hydrogen-bond donors (Lipinski definition) is 2. The van der Waals surface area contributed by atoms with Crippen LogP contribution < -0.4 is 16.0 Å². The normalized spacial score (nSPS) is 16.2. The smallest absolute Gasteiger partial charge is 0.240 e. The lowest BCUT2D eigenvalue weighted by atomic mass is 10.2. The van der Waals surface area contributed by atoms with E-state index < -0.39 is 6.04 Å². The fourth-order valence-electron chi connectivity index (χ4n) is 2.14. The highest BCUT2D eigenvalue weighted by Crippen LogP contribution is 2.31. The zero-order chi connectivity index (χ0) is 14.8. The third kappa shape index (κ3) is 3.67. The topological polar surface area (TPSA) is 80.5 Å². The first-order valence-corrected chi connectivity index (χ1v) is 7.75. The number of ether oxygens (including phenoxy) is 1. The molecule has 2 heterocycles. The van der Waals surface area contributed by atoms with Gasteiger partial charge in [-0.3, -0.25) is 4.79 Å². The summed E-state index contributed by atoms with van der Waals surface area (Å²) in [5.74, 6) is -0.188. The van der Waals surface area contributed by atoms with E-state index in [4.69, 9.17) is 10.5 Å². The van der Waals surface area contributed by atoms with Crippen LogP contribution in [0.1, 0.15) is 6.92 Å². The van der Waals surface area contributed by atoms with Gasteiger partial charge in [0.05, 0.1) is 29.5 Å². The molecular formula is C14H19ClN4O2S. The van der Waals surface area contributed by atoms with Crippen molar-refractivity contribution in [3.63, 3.8) is 0 Å². The van der Waals surface area contributed by atoms with Crippen molar-refractivity contribution < 1.29 is 9.53 Å². The number of thiazole rings is 1. The van der Waals surface area contributed by atoms with E-state index in [1.165, 1.54) is 0 Å². The average molecular weight is 343 g/mol. The third-order valence-electron chi connectivity index (χ3n) is 3.34. The van der Waals surface area contributed by atoms with Crippen molar-refractivity contribution in [3.8, 4) is 0 Å². The fourth-order valence-corrected chi connectivity index (χ4v) is 3.19. The number of nitrogens with zero attached hydrogens (tertiary/aromatic N) is 2. The Bertz CT molecular complexity index is 655. The zero-order valence-corrected chi connectivity index (χ0v) is 13.9. The molecular weight excluding hydrogens is 324 g/mol. The van der Waals surface area contributed by atoms with E-state index in [9.17, 15) is 4.79 Å². The first-order valence-electron chi connectivity index (χ1n) is 6.93. The van der Waals surface area contributed by atoms with E-state index in [1.54, 1.807) is 18.3 Å². The Labute approximate surface area is 139 Å². The molecule has 3 N–H and O–H groups in total. The molecule has 22 heavy (non-hydrogen) atoms. The van der Waals surface area contributed by atoms with Crippen LogP contribution in [0, 0.1) is 0 Å². The van der Waals surface area contributed by atoms with Crippen LogP contribution in [0.3, 0.4) is 0 Å².